The smallest absolute Gasteiger partial charge is 0.188 e. The van der Waals surface area contributed by atoms with Crippen LogP contribution in [0.3, 0.4) is 0 Å². The van der Waals surface area contributed by atoms with Crippen LogP contribution in [-0.2, 0) is 0 Å². The summed E-state index contributed by atoms with van der Waals surface area (Å²) in [6, 6.07) is 9.15. The van der Waals surface area contributed by atoms with Gasteiger partial charge in [-0.2, -0.15) is 5.26 Å². The number of aryl methyl sites for hydroxylation is 1. The highest BCUT2D eigenvalue weighted by molar-refractivity contribution is 7.17. The van der Waals surface area contributed by atoms with Gasteiger partial charge in [-0.1, -0.05) is 23.7 Å². The van der Waals surface area contributed by atoms with Gasteiger partial charge in [0.15, 0.2) is 5.78 Å². The van der Waals surface area contributed by atoms with Crippen LogP contribution in [0.15, 0.2) is 24.3 Å². The quantitative estimate of drug-likeness (QED) is 0.800. The molecule has 18 heavy (non-hydrogen) atoms. The van der Waals surface area contributed by atoms with Crippen molar-refractivity contribution in [2.75, 3.05) is 0 Å². The van der Waals surface area contributed by atoms with Crippen LogP contribution in [-0.4, -0.2) is 10.8 Å². The molecular weight excluding hydrogens is 268 g/mol. The summed E-state index contributed by atoms with van der Waals surface area (Å²) in [5.41, 5.74) is 1.59. The lowest BCUT2D eigenvalue weighted by Crippen LogP contribution is -1.95. The molecule has 90 valence electrons. The van der Waals surface area contributed by atoms with Crippen LogP contribution in [0, 0.1) is 18.3 Å². The summed E-state index contributed by atoms with van der Waals surface area (Å²) in [5.74, 6) is -0.173. The predicted molar refractivity (Wildman–Crippen MR) is 71.9 cm³/mol. The molecule has 0 saturated heterocycles. The Labute approximate surface area is 114 Å². The van der Waals surface area contributed by atoms with Gasteiger partial charge in [-0.15, -0.1) is 11.3 Å². The van der Waals surface area contributed by atoms with Gasteiger partial charge >= 0.3 is 0 Å². The van der Waals surface area contributed by atoms with Gasteiger partial charge in [0.2, 0.25) is 0 Å². The van der Waals surface area contributed by atoms with E-state index in [2.05, 4.69) is 4.98 Å². The average molecular weight is 277 g/mol. The van der Waals surface area contributed by atoms with Crippen LogP contribution in [0.25, 0.3) is 10.6 Å². The number of hydrogen-bond donors (Lipinski definition) is 0. The maximum Gasteiger partial charge on any atom is 0.188 e. The molecule has 0 aliphatic rings. The summed E-state index contributed by atoms with van der Waals surface area (Å²) in [7, 11) is 0. The fraction of sp³-hybridized carbons (Fsp3) is 0.154. The number of carbonyl (C=O) groups is 1. The van der Waals surface area contributed by atoms with Crippen molar-refractivity contribution >= 4 is 28.7 Å². The lowest BCUT2D eigenvalue weighted by Gasteiger charge is -1.95. The van der Waals surface area contributed by atoms with Gasteiger partial charge in [-0.05, 0) is 19.1 Å². The van der Waals surface area contributed by atoms with Crippen LogP contribution < -0.4 is 0 Å². The monoisotopic (exact) mass is 276 g/mol. The number of nitriles is 1. The van der Waals surface area contributed by atoms with Gasteiger partial charge in [0.25, 0.3) is 0 Å². The Morgan fingerprint density at radius 3 is 2.72 bits per heavy atom. The molecule has 0 amide bonds. The third-order valence-corrected chi connectivity index (χ3v) is 3.88. The first-order valence-electron chi connectivity index (χ1n) is 5.25. The van der Waals surface area contributed by atoms with Crippen molar-refractivity contribution in [2.45, 2.75) is 13.3 Å². The number of thiazole rings is 1. The Bertz CT molecular complexity index is 625. The first kappa shape index (κ1) is 12.7. The number of nitrogens with zero attached hydrogens (tertiary/aromatic N) is 2. The molecular formula is C13H9ClN2OS. The van der Waals surface area contributed by atoms with E-state index in [9.17, 15) is 4.79 Å². The number of aromatic nitrogens is 1. The van der Waals surface area contributed by atoms with Crippen molar-refractivity contribution in [3.63, 3.8) is 0 Å². The SMILES string of the molecule is Cc1nc(-c2ccc(Cl)cc2)sc1C(=O)CC#N. The highest BCUT2D eigenvalue weighted by Crippen LogP contribution is 2.29. The molecule has 0 unspecified atom stereocenters. The van der Waals surface area contributed by atoms with Gasteiger partial charge in [-0.25, -0.2) is 4.98 Å². The molecule has 1 aromatic carbocycles. The van der Waals surface area contributed by atoms with Gasteiger partial charge in [0.1, 0.15) is 5.01 Å². The summed E-state index contributed by atoms with van der Waals surface area (Å²) in [4.78, 5) is 16.6. The maximum absolute atomic E-state index is 11.7. The van der Waals surface area contributed by atoms with Gasteiger partial charge < -0.3 is 0 Å². The fourth-order valence-corrected chi connectivity index (χ4v) is 2.66. The van der Waals surface area contributed by atoms with Crippen molar-refractivity contribution in [2.24, 2.45) is 0 Å². The second-order valence-corrected chi connectivity index (χ2v) is 5.13. The van der Waals surface area contributed by atoms with E-state index >= 15 is 0 Å². The average Bonchev–Trinajstić information content (AvgIpc) is 2.72. The minimum absolute atomic E-state index is 0.108. The minimum atomic E-state index is -0.173. The minimum Gasteiger partial charge on any atom is -0.292 e. The number of carbonyl (C=O) groups excluding carboxylic acids is 1. The highest BCUT2D eigenvalue weighted by atomic mass is 35.5. The molecule has 0 atom stereocenters. The standard InChI is InChI=1S/C13H9ClN2OS/c1-8-12(11(17)6-7-15)18-13(16-8)9-2-4-10(14)5-3-9/h2-5H,6H2,1H3. The lowest BCUT2D eigenvalue weighted by atomic mass is 10.2. The topological polar surface area (TPSA) is 53.8 Å². The normalized spacial score (nSPS) is 10.1. The van der Waals surface area contributed by atoms with Gasteiger partial charge in [0, 0.05) is 10.6 Å². The number of benzene rings is 1. The molecule has 0 N–H and O–H groups in total. The fourth-order valence-electron chi connectivity index (χ4n) is 1.52. The van der Waals surface area contributed by atoms with Crippen molar-refractivity contribution < 1.29 is 4.79 Å². The Balaban J connectivity index is 2.37. The summed E-state index contributed by atoms with van der Waals surface area (Å²) in [6.45, 7) is 1.78. The van der Waals surface area contributed by atoms with E-state index in [0.717, 1.165) is 10.6 Å². The third kappa shape index (κ3) is 2.58. The zero-order chi connectivity index (χ0) is 13.1. The van der Waals surface area contributed by atoms with Gasteiger partial charge in [0.05, 0.1) is 23.1 Å². The second-order valence-electron chi connectivity index (χ2n) is 3.70. The first-order chi connectivity index (χ1) is 8.61. The van der Waals surface area contributed by atoms with Crippen molar-refractivity contribution in [3.8, 4) is 16.6 Å². The van der Waals surface area contributed by atoms with E-state index in [1.54, 1.807) is 19.1 Å². The zero-order valence-corrected chi connectivity index (χ0v) is 11.2. The van der Waals surface area contributed by atoms with E-state index in [4.69, 9.17) is 16.9 Å². The number of hydrogen-bond acceptors (Lipinski definition) is 4. The Hall–Kier alpha value is -1.70. The van der Waals surface area contributed by atoms with E-state index in [-0.39, 0.29) is 12.2 Å². The van der Waals surface area contributed by atoms with Crippen molar-refractivity contribution in [3.05, 3.63) is 39.9 Å². The van der Waals surface area contributed by atoms with Crippen LogP contribution in [0.1, 0.15) is 21.8 Å². The van der Waals surface area contributed by atoms with Crippen LogP contribution in [0.2, 0.25) is 5.02 Å². The zero-order valence-electron chi connectivity index (χ0n) is 9.61. The molecule has 0 saturated carbocycles. The predicted octanol–water partition coefficient (Wildman–Crippen LogP) is 3.87. The largest absolute Gasteiger partial charge is 0.292 e. The van der Waals surface area contributed by atoms with Crippen LogP contribution >= 0.6 is 22.9 Å². The summed E-state index contributed by atoms with van der Waals surface area (Å²) in [5, 5.41) is 9.97. The molecule has 0 fully saturated rings. The Kier molecular flexibility index (Phi) is 3.75. The van der Waals surface area contributed by atoms with E-state index in [0.29, 0.717) is 15.6 Å². The molecule has 0 radical (unpaired) electrons. The Morgan fingerprint density at radius 2 is 2.11 bits per heavy atom. The number of Topliss-reactive ketones (excluding diaryl/α,β-unsaturated/α-hetero) is 1. The molecule has 5 heteroatoms. The van der Waals surface area contributed by atoms with Crippen molar-refractivity contribution in [1.29, 1.82) is 5.26 Å². The maximum atomic E-state index is 11.7. The molecule has 2 aromatic rings. The second kappa shape index (κ2) is 5.30. The third-order valence-electron chi connectivity index (χ3n) is 2.38. The molecule has 0 bridgehead atoms. The summed E-state index contributed by atoms with van der Waals surface area (Å²) < 4.78 is 0. The molecule has 0 aliphatic carbocycles. The van der Waals surface area contributed by atoms with E-state index in [1.165, 1.54) is 11.3 Å². The molecule has 0 spiro atoms. The molecule has 1 heterocycles. The molecule has 1 aromatic heterocycles. The van der Waals surface area contributed by atoms with Crippen LogP contribution in [0.4, 0.5) is 0 Å². The Morgan fingerprint density at radius 1 is 1.44 bits per heavy atom. The lowest BCUT2D eigenvalue weighted by molar-refractivity contribution is 0.100. The molecule has 0 aliphatic heterocycles. The summed E-state index contributed by atoms with van der Waals surface area (Å²) >= 11 is 7.13. The number of rotatable bonds is 3. The highest BCUT2D eigenvalue weighted by Gasteiger charge is 2.15. The first-order valence-corrected chi connectivity index (χ1v) is 6.45. The molecule has 3 nitrogen and oxygen atoms in total. The summed E-state index contributed by atoms with van der Waals surface area (Å²) in [6.07, 6.45) is -0.108. The number of halogens is 1. The molecule has 2 rings (SSSR count). The van der Waals surface area contributed by atoms with Crippen molar-refractivity contribution in [1.82, 2.24) is 4.98 Å². The van der Waals surface area contributed by atoms with Crippen LogP contribution in [0.5, 0.6) is 0 Å². The van der Waals surface area contributed by atoms with E-state index < -0.39 is 0 Å². The number of ketones is 1. The van der Waals surface area contributed by atoms with E-state index in [1.807, 2.05) is 18.2 Å². The van der Waals surface area contributed by atoms with Gasteiger partial charge in [-0.3, -0.25) is 4.79 Å².